The molecule has 0 atom stereocenters. The molecule has 0 unspecified atom stereocenters. The molecule has 1 aromatic heterocycles. The summed E-state index contributed by atoms with van der Waals surface area (Å²) in [6.45, 7) is 1.81. The van der Waals surface area contributed by atoms with E-state index in [1.165, 1.54) is 31.4 Å². The second-order valence-electron chi connectivity index (χ2n) is 5.72. The lowest BCUT2D eigenvalue weighted by molar-refractivity contribution is -0.385. The third kappa shape index (κ3) is 3.16. The van der Waals surface area contributed by atoms with Gasteiger partial charge >= 0.3 is 11.7 Å². The molecule has 0 saturated heterocycles. The number of nitrogens with zero attached hydrogens (tertiary/aromatic N) is 4. The zero-order chi connectivity index (χ0) is 19.7. The van der Waals surface area contributed by atoms with Crippen LogP contribution in [0.25, 0.3) is 6.08 Å². The van der Waals surface area contributed by atoms with Crippen molar-refractivity contribution in [2.24, 2.45) is 12.0 Å². The zero-order valence-electron chi connectivity index (χ0n) is 14.7. The Morgan fingerprint density at radius 2 is 2.15 bits per heavy atom. The molecule has 1 aliphatic heterocycles. The number of rotatable bonds is 4. The second kappa shape index (κ2) is 6.76. The summed E-state index contributed by atoms with van der Waals surface area (Å²) in [5, 5.41) is 20.3. The molecule has 0 radical (unpaired) electrons. The highest BCUT2D eigenvalue weighted by atomic mass is 16.6. The van der Waals surface area contributed by atoms with Crippen LogP contribution in [0.3, 0.4) is 0 Å². The van der Waals surface area contributed by atoms with Crippen molar-refractivity contribution in [3.63, 3.8) is 0 Å². The number of esters is 1. The van der Waals surface area contributed by atoms with Crippen LogP contribution in [0.15, 0.2) is 35.0 Å². The van der Waals surface area contributed by atoms with Crippen molar-refractivity contribution in [2.75, 3.05) is 7.11 Å². The molecule has 0 N–H and O–H groups in total. The summed E-state index contributed by atoms with van der Waals surface area (Å²) in [4.78, 5) is 26.9. The van der Waals surface area contributed by atoms with Crippen LogP contribution in [0.5, 0.6) is 5.75 Å². The van der Waals surface area contributed by atoms with E-state index in [1.54, 1.807) is 17.7 Å². The first-order valence-electron chi connectivity index (χ1n) is 7.77. The van der Waals surface area contributed by atoms with Gasteiger partial charge in [-0.15, -0.1) is 0 Å². The third-order valence-electron chi connectivity index (χ3n) is 4.22. The van der Waals surface area contributed by atoms with Gasteiger partial charge in [-0.3, -0.25) is 10.1 Å². The lowest BCUT2D eigenvalue weighted by atomic mass is 10.2. The number of ether oxygens (including phenoxy) is 2. The monoisotopic (exact) mass is 366 g/mol. The lowest BCUT2D eigenvalue weighted by Crippen LogP contribution is -2.06. The molecule has 0 spiro atoms. The van der Waals surface area contributed by atoms with Crippen molar-refractivity contribution in [1.29, 1.82) is 5.26 Å². The van der Waals surface area contributed by atoms with Crippen molar-refractivity contribution in [3.8, 4) is 11.8 Å². The number of carbonyl (C=O) groups excluding carboxylic acids is 1. The van der Waals surface area contributed by atoms with Gasteiger partial charge in [-0.05, 0) is 36.8 Å². The quantitative estimate of drug-likeness (QED) is 0.355. The van der Waals surface area contributed by atoms with Crippen LogP contribution in [0.2, 0.25) is 0 Å². The van der Waals surface area contributed by atoms with E-state index >= 15 is 0 Å². The molecular weight excluding hydrogens is 352 g/mol. The number of hydrogen-bond acceptors (Lipinski definition) is 7. The number of cyclic esters (lactones) is 1. The molecule has 3 rings (SSSR count). The van der Waals surface area contributed by atoms with Crippen LogP contribution in [-0.2, 0) is 16.6 Å². The maximum absolute atomic E-state index is 12.1. The Morgan fingerprint density at radius 3 is 2.74 bits per heavy atom. The Bertz CT molecular complexity index is 1070. The number of nitriles is 1. The SMILES string of the molecule is COc1ccc(C2=N/C(=C\c3cc(C#N)n(C)c3C)C(=O)O2)cc1[N+](=O)[O-]. The molecule has 0 aliphatic carbocycles. The fourth-order valence-corrected chi connectivity index (χ4v) is 2.62. The van der Waals surface area contributed by atoms with Crippen LogP contribution < -0.4 is 4.74 Å². The molecular formula is C18H14N4O5. The summed E-state index contributed by atoms with van der Waals surface area (Å²) in [7, 11) is 3.07. The minimum absolute atomic E-state index is 0.0360. The maximum atomic E-state index is 12.1. The third-order valence-corrected chi connectivity index (χ3v) is 4.22. The molecule has 2 aromatic rings. The summed E-state index contributed by atoms with van der Waals surface area (Å²) in [5.41, 5.74) is 1.95. The highest BCUT2D eigenvalue weighted by Crippen LogP contribution is 2.29. The number of benzene rings is 1. The summed E-state index contributed by atoms with van der Waals surface area (Å²) >= 11 is 0. The van der Waals surface area contributed by atoms with Gasteiger partial charge in [0.15, 0.2) is 11.4 Å². The van der Waals surface area contributed by atoms with Crippen molar-refractivity contribution >= 4 is 23.6 Å². The standard InChI is InChI=1S/C18H14N4O5/c1-10-12(6-13(9-19)21(10)2)7-14-18(23)27-17(20-14)11-4-5-16(26-3)15(8-11)22(24)25/h4-8H,1-3H3/b14-7-. The van der Waals surface area contributed by atoms with Gasteiger partial charge in [0.25, 0.3) is 0 Å². The highest BCUT2D eigenvalue weighted by molar-refractivity contribution is 6.13. The predicted octanol–water partition coefficient (Wildman–Crippen LogP) is 2.47. The minimum Gasteiger partial charge on any atom is -0.490 e. The van der Waals surface area contributed by atoms with E-state index in [9.17, 15) is 14.9 Å². The molecule has 0 saturated carbocycles. The highest BCUT2D eigenvalue weighted by Gasteiger charge is 2.27. The smallest absolute Gasteiger partial charge is 0.363 e. The molecule has 1 aliphatic rings. The van der Waals surface area contributed by atoms with E-state index in [1.807, 2.05) is 6.92 Å². The number of hydrogen-bond donors (Lipinski definition) is 0. The number of nitro groups is 1. The minimum atomic E-state index is -0.676. The van der Waals surface area contributed by atoms with Gasteiger partial charge in [-0.2, -0.15) is 5.26 Å². The molecule has 27 heavy (non-hydrogen) atoms. The number of carbonyl (C=O) groups is 1. The Kier molecular flexibility index (Phi) is 4.48. The lowest BCUT2D eigenvalue weighted by Gasteiger charge is -2.03. The van der Waals surface area contributed by atoms with E-state index < -0.39 is 10.9 Å². The molecule has 1 aromatic carbocycles. The van der Waals surface area contributed by atoms with Crippen molar-refractivity contribution in [3.05, 3.63) is 62.6 Å². The van der Waals surface area contributed by atoms with Crippen molar-refractivity contribution in [1.82, 2.24) is 4.57 Å². The fraction of sp³-hybridized carbons (Fsp3) is 0.167. The summed E-state index contributed by atoms with van der Waals surface area (Å²) in [5.74, 6) is -0.621. The molecule has 0 bridgehead atoms. The molecule has 0 fully saturated rings. The van der Waals surface area contributed by atoms with Gasteiger partial charge in [0.2, 0.25) is 5.90 Å². The maximum Gasteiger partial charge on any atom is 0.363 e. The Labute approximate surface area is 153 Å². The summed E-state index contributed by atoms with van der Waals surface area (Å²) in [6.07, 6.45) is 1.52. The zero-order valence-corrected chi connectivity index (χ0v) is 14.7. The van der Waals surface area contributed by atoms with Gasteiger partial charge in [-0.1, -0.05) is 0 Å². The molecule has 9 heteroatoms. The first-order chi connectivity index (χ1) is 12.8. The first kappa shape index (κ1) is 17.9. The molecule has 0 amide bonds. The van der Waals surface area contributed by atoms with Crippen LogP contribution in [0.4, 0.5) is 5.69 Å². The number of methoxy groups -OCH3 is 1. The number of nitro benzene ring substituents is 1. The van der Waals surface area contributed by atoms with E-state index in [0.717, 1.165) is 5.69 Å². The molecule has 136 valence electrons. The Morgan fingerprint density at radius 1 is 1.41 bits per heavy atom. The van der Waals surface area contributed by atoms with Crippen molar-refractivity contribution < 1.29 is 19.2 Å². The predicted molar refractivity (Wildman–Crippen MR) is 95.1 cm³/mol. The Hall–Kier alpha value is -3.93. The fourth-order valence-electron chi connectivity index (χ4n) is 2.62. The second-order valence-corrected chi connectivity index (χ2v) is 5.72. The Balaban J connectivity index is 2.01. The van der Waals surface area contributed by atoms with Gasteiger partial charge in [-0.25, -0.2) is 9.79 Å². The number of aliphatic imine (C=N–C) groups is 1. The van der Waals surface area contributed by atoms with E-state index in [-0.39, 0.29) is 28.6 Å². The molecule has 9 nitrogen and oxygen atoms in total. The largest absolute Gasteiger partial charge is 0.490 e. The van der Waals surface area contributed by atoms with Gasteiger partial charge in [0.05, 0.1) is 12.0 Å². The van der Waals surface area contributed by atoms with E-state index in [0.29, 0.717) is 11.3 Å². The number of aromatic nitrogens is 1. The van der Waals surface area contributed by atoms with E-state index in [4.69, 9.17) is 14.7 Å². The average Bonchev–Trinajstić information content (AvgIpc) is 3.15. The molecule has 2 heterocycles. The van der Waals surface area contributed by atoms with E-state index in [2.05, 4.69) is 11.1 Å². The van der Waals surface area contributed by atoms with Crippen LogP contribution in [0.1, 0.15) is 22.5 Å². The van der Waals surface area contributed by atoms with Crippen LogP contribution in [0, 0.1) is 28.4 Å². The van der Waals surface area contributed by atoms with Gasteiger partial charge < -0.3 is 14.0 Å². The first-order valence-corrected chi connectivity index (χ1v) is 7.77. The topological polar surface area (TPSA) is 120 Å². The van der Waals surface area contributed by atoms with Gasteiger partial charge in [0, 0.05) is 24.4 Å². The van der Waals surface area contributed by atoms with Gasteiger partial charge in [0.1, 0.15) is 11.8 Å². The van der Waals surface area contributed by atoms with Crippen LogP contribution >= 0.6 is 0 Å². The summed E-state index contributed by atoms with van der Waals surface area (Å²) in [6, 6.07) is 7.86. The average molecular weight is 366 g/mol. The summed E-state index contributed by atoms with van der Waals surface area (Å²) < 4.78 is 11.8. The van der Waals surface area contributed by atoms with Crippen molar-refractivity contribution in [2.45, 2.75) is 6.92 Å². The normalized spacial score (nSPS) is 14.7. The van der Waals surface area contributed by atoms with Crippen LogP contribution in [-0.4, -0.2) is 28.5 Å².